The molecule has 1 amide bonds. The first-order valence-corrected chi connectivity index (χ1v) is 7.15. The molecule has 110 valence electrons. The zero-order valence-corrected chi connectivity index (χ0v) is 12.1. The fraction of sp³-hybridized carbons (Fsp3) is 0.714. The Labute approximate surface area is 118 Å². The van der Waals surface area contributed by atoms with Gasteiger partial charge in [0, 0.05) is 31.6 Å². The number of aromatic nitrogens is 2. The van der Waals surface area contributed by atoms with Crippen LogP contribution < -0.4 is 0 Å². The van der Waals surface area contributed by atoms with Crippen LogP contribution in [0.4, 0.5) is 0 Å². The summed E-state index contributed by atoms with van der Waals surface area (Å²) in [6.45, 7) is 6.94. The van der Waals surface area contributed by atoms with Crippen LogP contribution in [0.3, 0.4) is 0 Å². The monoisotopic (exact) mass is 279 g/mol. The topological polar surface area (TPSA) is 56.6 Å². The van der Waals surface area contributed by atoms with Crippen molar-refractivity contribution in [3.8, 4) is 0 Å². The molecule has 3 heterocycles. The zero-order valence-electron chi connectivity index (χ0n) is 12.1. The summed E-state index contributed by atoms with van der Waals surface area (Å²) >= 11 is 0. The third-order valence-corrected chi connectivity index (χ3v) is 4.08. The summed E-state index contributed by atoms with van der Waals surface area (Å²) in [5, 5.41) is 4.34. The normalized spacial score (nSPS) is 21.6. The Morgan fingerprint density at radius 3 is 2.50 bits per heavy atom. The first kappa shape index (κ1) is 13.6. The van der Waals surface area contributed by atoms with Gasteiger partial charge in [-0.25, -0.2) is 0 Å². The summed E-state index contributed by atoms with van der Waals surface area (Å²) in [7, 11) is 0. The summed E-state index contributed by atoms with van der Waals surface area (Å²) in [6.07, 6.45) is 1.52. The number of carbonyl (C=O) groups is 1. The predicted octanol–water partition coefficient (Wildman–Crippen LogP) is 0.865. The van der Waals surface area contributed by atoms with E-state index in [2.05, 4.69) is 5.10 Å². The van der Waals surface area contributed by atoms with Gasteiger partial charge in [0.25, 0.3) is 0 Å². The molecule has 2 saturated heterocycles. The van der Waals surface area contributed by atoms with Crippen molar-refractivity contribution in [2.75, 3.05) is 26.3 Å². The minimum atomic E-state index is -0.422. The predicted molar refractivity (Wildman–Crippen MR) is 72.2 cm³/mol. The molecule has 1 aromatic heterocycles. The summed E-state index contributed by atoms with van der Waals surface area (Å²) in [5.74, 6) is -0.307. The third-order valence-electron chi connectivity index (χ3n) is 4.08. The SMILES string of the molecule is Cc1cc(C)n(CC(=O)N2CCC3(CC2)OCCO3)n1. The highest BCUT2D eigenvalue weighted by molar-refractivity contribution is 5.76. The lowest BCUT2D eigenvalue weighted by Gasteiger charge is -2.37. The standard InChI is InChI=1S/C14H21N3O3/c1-11-9-12(2)17(15-11)10-13(18)16-5-3-14(4-6-16)19-7-8-20-14/h9H,3-8,10H2,1-2H3. The van der Waals surface area contributed by atoms with Crippen LogP contribution in [0.5, 0.6) is 0 Å². The molecule has 6 nitrogen and oxygen atoms in total. The van der Waals surface area contributed by atoms with E-state index in [9.17, 15) is 4.79 Å². The molecule has 0 atom stereocenters. The number of carbonyl (C=O) groups excluding carboxylic acids is 1. The van der Waals surface area contributed by atoms with E-state index in [1.165, 1.54) is 0 Å². The number of amides is 1. The van der Waals surface area contributed by atoms with Gasteiger partial charge in [-0.15, -0.1) is 0 Å². The van der Waals surface area contributed by atoms with Crippen molar-refractivity contribution in [2.24, 2.45) is 0 Å². The fourth-order valence-corrected chi connectivity index (χ4v) is 2.95. The minimum Gasteiger partial charge on any atom is -0.347 e. The molecule has 1 spiro atoms. The summed E-state index contributed by atoms with van der Waals surface area (Å²) in [5.41, 5.74) is 1.97. The average Bonchev–Trinajstić information content (AvgIpc) is 2.98. The maximum absolute atomic E-state index is 12.3. The number of hydrogen-bond donors (Lipinski definition) is 0. The fourth-order valence-electron chi connectivity index (χ4n) is 2.95. The van der Waals surface area contributed by atoms with Gasteiger partial charge in [0.1, 0.15) is 6.54 Å². The van der Waals surface area contributed by atoms with E-state index in [1.54, 1.807) is 4.68 Å². The third kappa shape index (κ3) is 2.58. The first-order valence-electron chi connectivity index (χ1n) is 7.15. The molecule has 0 radical (unpaired) electrons. The van der Waals surface area contributed by atoms with Gasteiger partial charge in [-0.3, -0.25) is 9.48 Å². The van der Waals surface area contributed by atoms with E-state index >= 15 is 0 Å². The lowest BCUT2D eigenvalue weighted by Crippen LogP contribution is -2.48. The van der Waals surface area contributed by atoms with Gasteiger partial charge >= 0.3 is 0 Å². The van der Waals surface area contributed by atoms with E-state index in [0.717, 1.165) is 24.2 Å². The van der Waals surface area contributed by atoms with Gasteiger partial charge in [0.2, 0.25) is 5.91 Å². The number of rotatable bonds is 2. The Hall–Kier alpha value is -1.40. The minimum absolute atomic E-state index is 0.115. The molecule has 0 unspecified atom stereocenters. The van der Waals surface area contributed by atoms with Crippen molar-refractivity contribution < 1.29 is 14.3 Å². The van der Waals surface area contributed by atoms with E-state index < -0.39 is 5.79 Å². The van der Waals surface area contributed by atoms with Gasteiger partial charge in [-0.1, -0.05) is 0 Å². The van der Waals surface area contributed by atoms with E-state index in [-0.39, 0.29) is 5.91 Å². The highest BCUT2D eigenvalue weighted by Gasteiger charge is 2.40. The molecule has 0 saturated carbocycles. The molecule has 0 aliphatic carbocycles. The number of piperidine rings is 1. The number of hydrogen-bond acceptors (Lipinski definition) is 4. The molecule has 0 bridgehead atoms. The van der Waals surface area contributed by atoms with Crippen LogP contribution in [0.2, 0.25) is 0 Å². The van der Waals surface area contributed by atoms with Crippen LogP contribution >= 0.6 is 0 Å². The Morgan fingerprint density at radius 2 is 1.95 bits per heavy atom. The molecule has 2 aliphatic rings. The Balaban J connectivity index is 1.58. The highest BCUT2D eigenvalue weighted by Crippen LogP contribution is 2.31. The van der Waals surface area contributed by atoms with Crippen LogP contribution in [0.15, 0.2) is 6.07 Å². The van der Waals surface area contributed by atoms with Crippen LogP contribution in [-0.4, -0.2) is 52.7 Å². The van der Waals surface area contributed by atoms with Gasteiger partial charge in [-0.2, -0.15) is 5.10 Å². The van der Waals surface area contributed by atoms with E-state index in [1.807, 2.05) is 24.8 Å². The van der Waals surface area contributed by atoms with Gasteiger partial charge < -0.3 is 14.4 Å². The number of nitrogens with zero attached hydrogens (tertiary/aromatic N) is 3. The lowest BCUT2D eigenvalue weighted by molar-refractivity contribution is -0.187. The van der Waals surface area contributed by atoms with Crippen molar-refractivity contribution in [1.82, 2.24) is 14.7 Å². The summed E-state index contributed by atoms with van der Waals surface area (Å²) < 4.78 is 13.1. The smallest absolute Gasteiger partial charge is 0.244 e. The maximum atomic E-state index is 12.3. The Bertz CT molecular complexity index is 496. The molecule has 0 N–H and O–H groups in total. The molecule has 1 aromatic rings. The van der Waals surface area contributed by atoms with Crippen LogP contribution in [-0.2, 0) is 20.8 Å². The Morgan fingerprint density at radius 1 is 1.30 bits per heavy atom. The molecule has 6 heteroatoms. The summed E-state index contributed by atoms with van der Waals surface area (Å²) in [6, 6.07) is 1.98. The van der Waals surface area contributed by atoms with Crippen molar-refractivity contribution in [2.45, 2.75) is 39.0 Å². The van der Waals surface area contributed by atoms with Gasteiger partial charge in [0.05, 0.1) is 18.9 Å². The second kappa shape index (κ2) is 5.18. The molecular weight excluding hydrogens is 258 g/mol. The second-order valence-electron chi connectivity index (χ2n) is 5.57. The largest absolute Gasteiger partial charge is 0.347 e. The zero-order chi connectivity index (χ0) is 14.2. The number of likely N-dealkylation sites (tertiary alicyclic amines) is 1. The maximum Gasteiger partial charge on any atom is 0.244 e. The average molecular weight is 279 g/mol. The Kier molecular flexibility index (Phi) is 3.52. The van der Waals surface area contributed by atoms with E-state index in [0.29, 0.717) is 32.8 Å². The molecule has 3 rings (SSSR count). The molecular formula is C14H21N3O3. The van der Waals surface area contributed by atoms with Crippen molar-refractivity contribution in [1.29, 1.82) is 0 Å². The van der Waals surface area contributed by atoms with Crippen molar-refractivity contribution in [3.63, 3.8) is 0 Å². The number of aryl methyl sites for hydroxylation is 2. The quantitative estimate of drug-likeness (QED) is 0.806. The van der Waals surface area contributed by atoms with Crippen LogP contribution in [0, 0.1) is 13.8 Å². The summed E-state index contributed by atoms with van der Waals surface area (Å²) in [4.78, 5) is 14.2. The van der Waals surface area contributed by atoms with Crippen molar-refractivity contribution in [3.05, 3.63) is 17.5 Å². The first-order chi connectivity index (χ1) is 9.58. The lowest BCUT2D eigenvalue weighted by atomic mass is 10.0. The molecule has 2 aliphatic heterocycles. The van der Waals surface area contributed by atoms with Gasteiger partial charge in [0.15, 0.2) is 5.79 Å². The number of ether oxygens (including phenoxy) is 2. The van der Waals surface area contributed by atoms with Crippen LogP contribution in [0.25, 0.3) is 0 Å². The molecule has 0 aromatic carbocycles. The van der Waals surface area contributed by atoms with Gasteiger partial charge in [-0.05, 0) is 19.9 Å². The van der Waals surface area contributed by atoms with Crippen LogP contribution in [0.1, 0.15) is 24.2 Å². The van der Waals surface area contributed by atoms with E-state index in [4.69, 9.17) is 9.47 Å². The highest BCUT2D eigenvalue weighted by atomic mass is 16.7. The second-order valence-corrected chi connectivity index (χ2v) is 5.57. The van der Waals surface area contributed by atoms with Crippen molar-refractivity contribution >= 4 is 5.91 Å². The molecule has 2 fully saturated rings. The molecule has 20 heavy (non-hydrogen) atoms.